The van der Waals surface area contributed by atoms with E-state index in [0.29, 0.717) is 12.1 Å². The molecule has 0 bridgehead atoms. The molecule has 2 aromatic carbocycles. The van der Waals surface area contributed by atoms with Gasteiger partial charge in [-0.15, -0.1) is 11.8 Å². The van der Waals surface area contributed by atoms with Gasteiger partial charge < -0.3 is 5.32 Å². The van der Waals surface area contributed by atoms with Crippen LogP contribution in [-0.2, 0) is 0 Å². The molecule has 0 saturated carbocycles. The van der Waals surface area contributed by atoms with Crippen LogP contribution in [0.5, 0.6) is 0 Å². The van der Waals surface area contributed by atoms with Crippen LogP contribution >= 0.6 is 27.7 Å². The van der Waals surface area contributed by atoms with Crippen molar-refractivity contribution < 1.29 is 0 Å². The van der Waals surface area contributed by atoms with E-state index in [9.17, 15) is 0 Å². The molecule has 0 fully saturated rings. The van der Waals surface area contributed by atoms with Crippen LogP contribution in [0.3, 0.4) is 0 Å². The van der Waals surface area contributed by atoms with Crippen molar-refractivity contribution in [3.05, 3.63) is 64.1 Å². The molecule has 0 amide bonds. The number of thioether (sulfide) groups is 1. The first-order valence-electron chi connectivity index (χ1n) is 6.97. The molecule has 20 heavy (non-hydrogen) atoms. The van der Waals surface area contributed by atoms with Crippen molar-refractivity contribution in [3.8, 4) is 0 Å². The molecule has 2 atom stereocenters. The zero-order valence-corrected chi connectivity index (χ0v) is 13.9. The fourth-order valence-corrected chi connectivity index (χ4v) is 4.05. The van der Waals surface area contributed by atoms with Crippen LogP contribution in [-0.4, -0.2) is 5.75 Å². The average Bonchev–Trinajstić information content (AvgIpc) is 2.48. The molecule has 1 aliphatic heterocycles. The summed E-state index contributed by atoms with van der Waals surface area (Å²) in [6, 6.07) is 18.2. The topological polar surface area (TPSA) is 12.0 Å². The van der Waals surface area contributed by atoms with Crippen LogP contribution < -0.4 is 5.32 Å². The lowest BCUT2D eigenvalue weighted by Crippen LogP contribution is -2.27. The molecule has 1 heterocycles. The first-order chi connectivity index (χ1) is 9.74. The van der Waals surface area contributed by atoms with Crippen LogP contribution in [0.4, 0.5) is 0 Å². The Balaban J connectivity index is 1.77. The molecule has 1 nitrogen and oxygen atoms in total. The highest BCUT2D eigenvalue weighted by molar-refractivity contribution is 9.10. The summed E-state index contributed by atoms with van der Waals surface area (Å²) in [6.07, 6.45) is 1.20. The summed E-state index contributed by atoms with van der Waals surface area (Å²) in [6.45, 7) is 2.24. The van der Waals surface area contributed by atoms with Gasteiger partial charge in [-0.2, -0.15) is 0 Å². The van der Waals surface area contributed by atoms with Gasteiger partial charge in [0.05, 0.1) is 0 Å². The molecule has 0 aliphatic carbocycles. The molecule has 1 unspecified atom stereocenters. The van der Waals surface area contributed by atoms with Crippen molar-refractivity contribution in [2.75, 3.05) is 5.75 Å². The maximum atomic E-state index is 3.78. The van der Waals surface area contributed by atoms with Crippen molar-refractivity contribution in [2.24, 2.45) is 0 Å². The summed E-state index contributed by atoms with van der Waals surface area (Å²) in [5.41, 5.74) is 2.79. The zero-order chi connectivity index (χ0) is 13.9. The minimum Gasteiger partial charge on any atom is -0.303 e. The second-order valence-electron chi connectivity index (χ2n) is 5.17. The van der Waals surface area contributed by atoms with Crippen LogP contribution in [0.15, 0.2) is 57.9 Å². The number of rotatable bonds is 3. The number of nitrogens with one attached hydrogen (secondary N) is 1. The summed E-state index contributed by atoms with van der Waals surface area (Å²) in [5.74, 6) is 1.20. The molecular formula is C17H18BrNS. The van der Waals surface area contributed by atoms with Crippen LogP contribution in [0.2, 0.25) is 0 Å². The van der Waals surface area contributed by atoms with Gasteiger partial charge in [0.15, 0.2) is 0 Å². The number of benzene rings is 2. The first-order valence-corrected chi connectivity index (χ1v) is 8.75. The Morgan fingerprint density at radius 1 is 1.15 bits per heavy atom. The number of fused-ring (bicyclic) bond motifs is 1. The van der Waals surface area contributed by atoms with E-state index in [1.807, 2.05) is 11.8 Å². The van der Waals surface area contributed by atoms with Crippen molar-refractivity contribution in [1.82, 2.24) is 5.32 Å². The van der Waals surface area contributed by atoms with E-state index in [2.05, 4.69) is 76.7 Å². The van der Waals surface area contributed by atoms with Gasteiger partial charge in [0.1, 0.15) is 0 Å². The smallest absolute Gasteiger partial charge is 0.0344 e. The molecule has 0 radical (unpaired) electrons. The molecule has 104 valence electrons. The summed E-state index contributed by atoms with van der Waals surface area (Å²) in [5, 5.41) is 3.78. The van der Waals surface area contributed by atoms with Crippen LogP contribution in [0.25, 0.3) is 0 Å². The molecule has 3 heteroatoms. The van der Waals surface area contributed by atoms with E-state index < -0.39 is 0 Å². The zero-order valence-electron chi connectivity index (χ0n) is 11.5. The van der Waals surface area contributed by atoms with Crippen molar-refractivity contribution in [3.63, 3.8) is 0 Å². The highest BCUT2D eigenvalue weighted by atomic mass is 79.9. The van der Waals surface area contributed by atoms with Gasteiger partial charge in [-0.25, -0.2) is 0 Å². The number of hydrogen-bond acceptors (Lipinski definition) is 2. The van der Waals surface area contributed by atoms with Crippen molar-refractivity contribution in [2.45, 2.75) is 30.3 Å². The number of halogens is 1. The standard InChI is InChI=1S/C17H18BrNS/c1-12(13-6-8-14(18)9-7-13)19-16-10-11-20-17-5-3-2-4-15(16)17/h2-9,12,16,19H,10-11H2,1H3/t12-,16?/m1/s1. The minimum absolute atomic E-state index is 0.365. The summed E-state index contributed by atoms with van der Waals surface area (Å²) < 4.78 is 1.13. The second-order valence-corrected chi connectivity index (χ2v) is 7.22. The lowest BCUT2D eigenvalue weighted by molar-refractivity contribution is 0.450. The Morgan fingerprint density at radius 2 is 1.90 bits per heavy atom. The van der Waals surface area contributed by atoms with Crippen LogP contribution in [0, 0.1) is 0 Å². The predicted octanol–water partition coefficient (Wildman–Crippen LogP) is 5.34. The maximum absolute atomic E-state index is 3.78. The van der Waals surface area contributed by atoms with E-state index in [-0.39, 0.29) is 0 Å². The summed E-state index contributed by atoms with van der Waals surface area (Å²) in [7, 11) is 0. The Morgan fingerprint density at radius 3 is 2.70 bits per heavy atom. The molecule has 1 aliphatic rings. The van der Waals surface area contributed by atoms with E-state index >= 15 is 0 Å². The predicted molar refractivity (Wildman–Crippen MR) is 90.2 cm³/mol. The van der Waals surface area contributed by atoms with Gasteiger partial charge in [-0.1, -0.05) is 46.3 Å². The maximum Gasteiger partial charge on any atom is 0.0344 e. The van der Waals surface area contributed by atoms with E-state index in [0.717, 1.165) is 4.47 Å². The van der Waals surface area contributed by atoms with Gasteiger partial charge in [0.2, 0.25) is 0 Å². The lowest BCUT2D eigenvalue weighted by atomic mass is 10.0. The van der Waals surface area contributed by atoms with Gasteiger partial charge in [0.25, 0.3) is 0 Å². The fourth-order valence-electron chi connectivity index (χ4n) is 2.66. The quantitative estimate of drug-likeness (QED) is 0.804. The molecule has 0 spiro atoms. The molecule has 2 aromatic rings. The number of hydrogen-bond donors (Lipinski definition) is 1. The monoisotopic (exact) mass is 347 g/mol. The average molecular weight is 348 g/mol. The summed E-state index contributed by atoms with van der Waals surface area (Å²) >= 11 is 5.46. The van der Waals surface area contributed by atoms with Crippen LogP contribution in [0.1, 0.15) is 36.6 Å². The Hall–Kier alpha value is -0.770. The Kier molecular flexibility index (Phi) is 4.49. The normalized spacial score (nSPS) is 19.4. The Bertz CT molecular complexity index is 582. The van der Waals surface area contributed by atoms with Gasteiger partial charge >= 0.3 is 0 Å². The third-order valence-electron chi connectivity index (χ3n) is 3.78. The largest absolute Gasteiger partial charge is 0.303 e. The SMILES string of the molecule is C[C@@H](NC1CCSc2ccccc21)c1ccc(Br)cc1. The van der Waals surface area contributed by atoms with Gasteiger partial charge in [-0.05, 0) is 48.4 Å². The summed E-state index contributed by atoms with van der Waals surface area (Å²) in [4.78, 5) is 1.43. The highest BCUT2D eigenvalue weighted by Gasteiger charge is 2.21. The third kappa shape index (κ3) is 3.11. The molecule has 1 N–H and O–H groups in total. The van der Waals surface area contributed by atoms with E-state index in [1.54, 1.807) is 0 Å². The molecular weight excluding hydrogens is 330 g/mol. The molecule has 3 rings (SSSR count). The van der Waals surface area contributed by atoms with Crippen molar-refractivity contribution in [1.29, 1.82) is 0 Å². The fraction of sp³-hybridized carbons (Fsp3) is 0.294. The second kappa shape index (κ2) is 6.33. The van der Waals surface area contributed by atoms with E-state index in [4.69, 9.17) is 0 Å². The van der Waals surface area contributed by atoms with Gasteiger partial charge in [0, 0.05) is 21.5 Å². The molecule has 0 saturated heterocycles. The minimum atomic E-state index is 0.365. The molecule has 0 aromatic heterocycles. The lowest BCUT2D eigenvalue weighted by Gasteiger charge is -2.29. The Labute approximate surface area is 133 Å². The van der Waals surface area contributed by atoms with Crippen molar-refractivity contribution >= 4 is 27.7 Å². The van der Waals surface area contributed by atoms with Gasteiger partial charge in [-0.3, -0.25) is 0 Å². The highest BCUT2D eigenvalue weighted by Crippen LogP contribution is 2.37. The van der Waals surface area contributed by atoms with E-state index in [1.165, 1.54) is 28.2 Å². The first kappa shape index (κ1) is 14.2. The third-order valence-corrected chi connectivity index (χ3v) is 5.43.